The number of ketones is 1. The molecular weight excluding hydrogens is 276 g/mol. The zero-order chi connectivity index (χ0) is 13.9. The van der Waals surface area contributed by atoms with Crippen molar-refractivity contribution in [1.29, 1.82) is 0 Å². The summed E-state index contributed by atoms with van der Waals surface area (Å²) >= 11 is 1.58. The predicted octanol–water partition coefficient (Wildman–Crippen LogP) is 3.38. The number of allylic oxidation sites excluding steroid dienone is 1. The lowest BCUT2D eigenvalue weighted by Gasteiger charge is -2.07. The maximum atomic E-state index is 12.3. The van der Waals surface area contributed by atoms with Gasteiger partial charge in [0.25, 0.3) is 0 Å². The first kappa shape index (κ1) is 12.7. The van der Waals surface area contributed by atoms with E-state index in [1.165, 1.54) is 13.2 Å². The number of hydrogen-bond acceptors (Lipinski definition) is 5. The lowest BCUT2D eigenvalue weighted by molar-refractivity contribution is 0.104. The minimum Gasteiger partial charge on any atom is -0.496 e. The van der Waals surface area contributed by atoms with E-state index in [1.807, 2.05) is 17.5 Å². The SMILES string of the molecule is COc1cc2c(cc1C(=O)C=Cc1cccs1)OCO2. The molecule has 1 aliphatic heterocycles. The molecule has 3 rings (SSSR count). The molecular formula is C15H12O4S. The number of carbonyl (C=O) groups is 1. The monoisotopic (exact) mass is 288 g/mol. The largest absolute Gasteiger partial charge is 0.496 e. The molecule has 0 atom stereocenters. The summed E-state index contributed by atoms with van der Waals surface area (Å²) < 4.78 is 15.8. The molecule has 0 bridgehead atoms. The average molecular weight is 288 g/mol. The van der Waals surface area contributed by atoms with E-state index in [-0.39, 0.29) is 12.6 Å². The summed E-state index contributed by atoms with van der Waals surface area (Å²) in [5, 5.41) is 1.96. The molecule has 5 heteroatoms. The van der Waals surface area contributed by atoms with Gasteiger partial charge in [-0.05, 0) is 29.7 Å². The normalized spacial score (nSPS) is 12.8. The Morgan fingerprint density at radius 1 is 1.35 bits per heavy atom. The van der Waals surface area contributed by atoms with E-state index in [9.17, 15) is 4.79 Å². The third-order valence-electron chi connectivity index (χ3n) is 2.90. The van der Waals surface area contributed by atoms with Gasteiger partial charge in [-0.2, -0.15) is 0 Å². The van der Waals surface area contributed by atoms with E-state index in [4.69, 9.17) is 14.2 Å². The number of thiophene rings is 1. The fourth-order valence-electron chi connectivity index (χ4n) is 1.92. The van der Waals surface area contributed by atoms with Crippen LogP contribution in [0, 0.1) is 0 Å². The van der Waals surface area contributed by atoms with Crippen molar-refractivity contribution < 1.29 is 19.0 Å². The van der Waals surface area contributed by atoms with Crippen molar-refractivity contribution in [2.24, 2.45) is 0 Å². The highest BCUT2D eigenvalue weighted by molar-refractivity contribution is 7.10. The van der Waals surface area contributed by atoms with Crippen LogP contribution in [-0.2, 0) is 0 Å². The van der Waals surface area contributed by atoms with Crippen LogP contribution in [0.2, 0.25) is 0 Å². The molecule has 0 amide bonds. The van der Waals surface area contributed by atoms with Crippen molar-refractivity contribution in [1.82, 2.24) is 0 Å². The summed E-state index contributed by atoms with van der Waals surface area (Å²) in [4.78, 5) is 13.3. The molecule has 1 aliphatic rings. The zero-order valence-electron chi connectivity index (χ0n) is 10.8. The second-order valence-corrected chi connectivity index (χ2v) is 5.10. The molecule has 102 valence electrons. The van der Waals surface area contributed by atoms with Crippen molar-refractivity contribution in [3.63, 3.8) is 0 Å². The lowest BCUT2D eigenvalue weighted by atomic mass is 10.1. The van der Waals surface area contributed by atoms with Gasteiger partial charge in [-0.1, -0.05) is 6.07 Å². The molecule has 0 fully saturated rings. The number of hydrogen-bond donors (Lipinski definition) is 0. The third kappa shape index (κ3) is 2.40. The van der Waals surface area contributed by atoms with Crippen LogP contribution in [0.5, 0.6) is 17.2 Å². The van der Waals surface area contributed by atoms with Gasteiger partial charge in [0.2, 0.25) is 6.79 Å². The van der Waals surface area contributed by atoms with Gasteiger partial charge >= 0.3 is 0 Å². The smallest absolute Gasteiger partial charge is 0.231 e. The van der Waals surface area contributed by atoms with Crippen LogP contribution < -0.4 is 14.2 Å². The van der Waals surface area contributed by atoms with Crippen LogP contribution in [0.1, 0.15) is 15.2 Å². The van der Waals surface area contributed by atoms with Crippen LogP contribution in [-0.4, -0.2) is 19.7 Å². The quantitative estimate of drug-likeness (QED) is 0.639. The van der Waals surface area contributed by atoms with E-state index in [0.717, 1.165) is 4.88 Å². The van der Waals surface area contributed by atoms with Gasteiger partial charge in [0.15, 0.2) is 17.3 Å². The van der Waals surface area contributed by atoms with Crippen molar-refractivity contribution >= 4 is 23.2 Å². The third-order valence-corrected chi connectivity index (χ3v) is 3.74. The van der Waals surface area contributed by atoms with Crippen LogP contribution in [0.25, 0.3) is 6.08 Å². The second-order valence-electron chi connectivity index (χ2n) is 4.12. The molecule has 20 heavy (non-hydrogen) atoms. The number of ether oxygens (including phenoxy) is 3. The van der Waals surface area contributed by atoms with Gasteiger partial charge in [0, 0.05) is 10.9 Å². The lowest BCUT2D eigenvalue weighted by Crippen LogP contribution is -1.99. The average Bonchev–Trinajstić information content (AvgIpc) is 3.13. The summed E-state index contributed by atoms with van der Waals surface area (Å²) in [5.74, 6) is 1.52. The summed E-state index contributed by atoms with van der Waals surface area (Å²) in [5.41, 5.74) is 0.463. The molecule has 2 aromatic rings. The standard InChI is InChI=1S/C15H12O4S/c1-17-13-8-15-14(18-9-19-15)7-11(13)12(16)5-4-10-3-2-6-20-10/h2-8H,9H2,1H3. The van der Waals surface area contributed by atoms with E-state index in [2.05, 4.69) is 0 Å². The van der Waals surface area contributed by atoms with Crippen LogP contribution in [0.4, 0.5) is 0 Å². The number of rotatable bonds is 4. The predicted molar refractivity (Wildman–Crippen MR) is 76.8 cm³/mol. The number of fused-ring (bicyclic) bond motifs is 1. The fourth-order valence-corrected chi connectivity index (χ4v) is 2.54. The maximum Gasteiger partial charge on any atom is 0.231 e. The molecule has 0 radical (unpaired) electrons. The molecule has 2 heterocycles. The van der Waals surface area contributed by atoms with Gasteiger partial charge in [-0.25, -0.2) is 0 Å². The zero-order valence-corrected chi connectivity index (χ0v) is 11.6. The molecule has 1 aromatic heterocycles. The van der Waals surface area contributed by atoms with E-state index in [0.29, 0.717) is 22.8 Å². The van der Waals surface area contributed by atoms with Gasteiger partial charge in [-0.3, -0.25) is 4.79 Å². The van der Waals surface area contributed by atoms with Crippen LogP contribution in [0.15, 0.2) is 35.7 Å². The van der Waals surface area contributed by atoms with Gasteiger partial charge in [-0.15, -0.1) is 11.3 Å². The topological polar surface area (TPSA) is 44.8 Å². The fraction of sp³-hybridized carbons (Fsp3) is 0.133. The Balaban J connectivity index is 1.91. The van der Waals surface area contributed by atoms with Gasteiger partial charge < -0.3 is 14.2 Å². The molecule has 4 nitrogen and oxygen atoms in total. The van der Waals surface area contributed by atoms with E-state index < -0.39 is 0 Å². The Labute approximate surface area is 120 Å². The molecule has 0 unspecified atom stereocenters. The summed E-state index contributed by atoms with van der Waals surface area (Å²) in [7, 11) is 1.53. The second kappa shape index (κ2) is 5.38. The Kier molecular flexibility index (Phi) is 3.43. The summed E-state index contributed by atoms with van der Waals surface area (Å²) in [6.45, 7) is 0.168. The van der Waals surface area contributed by atoms with Crippen molar-refractivity contribution in [3.05, 3.63) is 46.2 Å². The highest BCUT2D eigenvalue weighted by atomic mass is 32.1. The molecule has 0 spiro atoms. The number of benzene rings is 1. The van der Waals surface area contributed by atoms with Gasteiger partial charge in [0.05, 0.1) is 12.7 Å². The Bertz CT molecular complexity index is 659. The van der Waals surface area contributed by atoms with Crippen molar-refractivity contribution in [3.8, 4) is 17.2 Å². The molecule has 0 saturated carbocycles. The number of carbonyl (C=O) groups excluding carboxylic acids is 1. The first-order valence-electron chi connectivity index (χ1n) is 6.01. The highest BCUT2D eigenvalue weighted by Crippen LogP contribution is 2.38. The number of methoxy groups -OCH3 is 1. The molecule has 0 N–H and O–H groups in total. The van der Waals surface area contributed by atoms with E-state index in [1.54, 1.807) is 29.5 Å². The van der Waals surface area contributed by atoms with Gasteiger partial charge in [0.1, 0.15) is 5.75 Å². The van der Waals surface area contributed by atoms with Crippen molar-refractivity contribution in [2.75, 3.05) is 13.9 Å². The molecule has 1 aromatic carbocycles. The van der Waals surface area contributed by atoms with Crippen molar-refractivity contribution in [2.45, 2.75) is 0 Å². The minimum atomic E-state index is -0.131. The maximum absolute atomic E-state index is 12.3. The Morgan fingerprint density at radius 2 is 2.15 bits per heavy atom. The first-order chi connectivity index (χ1) is 9.78. The minimum absolute atomic E-state index is 0.131. The Morgan fingerprint density at radius 3 is 2.85 bits per heavy atom. The summed E-state index contributed by atoms with van der Waals surface area (Å²) in [6, 6.07) is 7.22. The molecule has 0 aliphatic carbocycles. The molecule has 0 saturated heterocycles. The summed E-state index contributed by atoms with van der Waals surface area (Å²) in [6.07, 6.45) is 3.32. The first-order valence-corrected chi connectivity index (χ1v) is 6.89. The van der Waals surface area contributed by atoms with Crippen LogP contribution in [0.3, 0.4) is 0 Å². The highest BCUT2D eigenvalue weighted by Gasteiger charge is 2.20. The van der Waals surface area contributed by atoms with Crippen LogP contribution >= 0.6 is 11.3 Å². The Hall–Kier alpha value is -2.27. The van der Waals surface area contributed by atoms with E-state index >= 15 is 0 Å².